The monoisotopic (exact) mass is 388 g/mol. The fourth-order valence-electron chi connectivity index (χ4n) is 3.28. The fourth-order valence-corrected chi connectivity index (χ4v) is 3.89. The van der Waals surface area contributed by atoms with E-state index in [1.165, 1.54) is 0 Å². The zero-order chi connectivity index (χ0) is 19.2. The van der Waals surface area contributed by atoms with Gasteiger partial charge in [-0.2, -0.15) is 0 Å². The third-order valence-corrected chi connectivity index (χ3v) is 5.54. The minimum atomic E-state index is -0.704. The number of thiazole rings is 1. The number of aromatic nitrogens is 2. The lowest BCUT2D eigenvalue weighted by Gasteiger charge is -2.16. The number of amides is 2. The molecule has 144 valence electrons. The lowest BCUT2D eigenvalue weighted by Crippen LogP contribution is -2.40. The Morgan fingerprint density at radius 1 is 1.37 bits per heavy atom. The number of aliphatic hydroxyl groups is 1. The molecule has 3 atom stereocenters. The smallest absolute Gasteiger partial charge is 0.223 e. The van der Waals surface area contributed by atoms with Crippen molar-refractivity contribution < 1.29 is 14.7 Å². The van der Waals surface area contributed by atoms with E-state index in [2.05, 4.69) is 20.6 Å². The van der Waals surface area contributed by atoms with Crippen LogP contribution in [0.1, 0.15) is 35.5 Å². The first kappa shape index (κ1) is 19.4. The first-order valence-electron chi connectivity index (χ1n) is 9.06. The van der Waals surface area contributed by atoms with Gasteiger partial charge in [-0.05, 0) is 37.8 Å². The number of hydrogen-bond acceptors (Lipinski definition) is 6. The molecule has 3 N–H and O–H groups in total. The summed E-state index contributed by atoms with van der Waals surface area (Å²) in [6.45, 7) is 2.31. The molecule has 7 nitrogen and oxygen atoms in total. The first-order valence-corrected chi connectivity index (χ1v) is 9.94. The van der Waals surface area contributed by atoms with Crippen LogP contribution in [0.5, 0.6) is 0 Å². The highest BCUT2D eigenvalue weighted by Crippen LogP contribution is 2.26. The van der Waals surface area contributed by atoms with Gasteiger partial charge in [-0.3, -0.25) is 14.6 Å². The Morgan fingerprint density at radius 2 is 2.22 bits per heavy atom. The molecule has 3 rings (SSSR count). The Kier molecular flexibility index (Phi) is 6.52. The van der Waals surface area contributed by atoms with Crippen molar-refractivity contribution in [1.29, 1.82) is 0 Å². The summed E-state index contributed by atoms with van der Waals surface area (Å²) in [6.07, 6.45) is 4.46. The minimum Gasteiger partial charge on any atom is -0.391 e. The van der Waals surface area contributed by atoms with Gasteiger partial charge in [0, 0.05) is 30.1 Å². The molecule has 1 aliphatic carbocycles. The average molecular weight is 388 g/mol. The number of hydrogen-bond donors (Lipinski definition) is 3. The van der Waals surface area contributed by atoms with Gasteiger partial charge in [-0.1, -0.05) is 6.07 Å². The number of aryl methyl sites for hydroxylation is 2. The molecular weight excluding hydrogens is 364 g/mol. The minimum absolute atomic E-state index is 0.105. The maximum atomic E-state index is 12.3. The molecule has 2 heterocycles. The predicted octanol–water partition coefficient (Wildman–Crippen LogP) is 1.35. The van der Waals surface area contributed by atoms with Crippen molar-refractivity contribution in [2.75, 3.05) is 0 Å². The van der Waals surface area contributed by atoms with Gasteiger partial charge in [0.25, 0.3) is 0 Å². The van der Waals surface area contributed by atoms with E-state index >= 15 is 0 Å². The van der Waals surface area contributed by atoms with E-state index in [0.717, 1.165) is 16.3 Å². The van der Waals surface area contributed by atoms with Crippen molar-refractivity contribution in [2.24, 2.45) is 5.92 Å². The Labute approximate surface area is 162 Å². The summed E-state index contributed by atoms with van der Waals surface area (Å²) < 4.78 is 0. The number of carbonyl (C=O) groups excluding carboxylic acids is 2. The summed E-state index contributed by atoms with van der Waals surface area (Å²) in [4.78, 5) is 32.8. The van der Waals surface area contributed by atoms with Crippen LogP contribution in [-0.2, 0) is 22.6 Å². The summed E-state index contributed by atoms with van der Waals surface area (Å²) >= 11 is 1.55. The van der Waals surface area contributed by atoms with Crippen LogP contribution in [0.2, 0.25) is 0 Å². The van der Waals surface area contributed by atoms with Gasteiger partial charge in [0.2, 0.25) is 11.8 Å². The van der Waals surface area contributed by atoms with Crippen LogP contribution >= 0.6 is 11.3 Å². The molecule has 0 radical (unpaired) electrons. The van der Waals surface area contributed by atoms with Crippen LogP contribution in [0.4, 0.5) is 0 Å². The molecule has 1 saturated carbocycles. The van der Waals surface area contributed by atoms with E-state index in [1.807, 2.05) is 24.4 Å². The second kappa shape index (κ2) is 9.05. The Morgan fingerprint density at radius 3 is 2.93 bits per heavy atom. The number of rotatable bonds is 7. The number of carbonyl (C=O) groups is 2. The second-order valence-electron chi connectivity index (χ2n) is 6.85. The molecule has 0 saturated heterocycles. The van der Waals surface area contributed by atoms with Crippen molar-refractivity contribution >= 4 is 23.2 Å². The Balaban J connectivity index is 1.43. The Hall–Kier alpha value is -2.32. The SMILES string of the molecule is Cc1nc(CNC(=O)[C@@H]2C[C@@H](O)[C@H](NC(=O)CCc3cccnc3)C2)cs1. The normalized spacial score (nSPS) is 21.8. The molecule has 1 fully saturated rings. The zero-order valence-corrected chi connectivity index (χ0v) is 16.0. The summed E-state index contributed by atoms with van der Waals surface area (Å²) in [7, 11) is 0. The van der Waals surface area contributed by atoms with E-state index in [9.17, 15) is 14.7 Å². The summed E-state index contributed by atoms with van der Waals surface area (Å²) in [5.41, 5.74) is 1.83. The lowest BCUT2D eigenvalue weighted by atomic mass is 10.1. The summed E-state index contributed by atoms with van der Waals surface area (Å²) in [5.74, 6) is -0.530. The molecule has 0 spiro atoms. The largest absolute Gasteiger partial charge is 0.391 e. The highest BCUT2D eigenvalue weighted by atomic mass is 32.1. The first-order chi connectivity index (χ1) is 13.0. The molecule has 0 aromatic carbocycles. The standard InChI is InChI=1S/C19H24N4O3S/c1-12-22-15(11-27-12)10-21-19(26)14-7-16(17(24)8-14)23-18(25)5-4-13-3-2-6-20-9-13/h2-3,6,9,11,14,16-17,24H,4-5,7-8,10H2,1H3,(H,21,26)(H,23,25)/t14-,16+,17+/m0/s1. The predicted molar refractivity (Wildman–Crippen MR) is 102 cm³/mol. The highest BCUT2D eigenvalue weighted by Gasteiger charge is 2.37. The van der Waals surface area contributed by atoms with Crippen LogP contribution in [0.25, 0.3) is 0 Å². The zero-order valence-electron chi connectivity index (χ0n) is 15.2. The number of nitrogens with one attached hydrogen (secondary N) is 2. The molecule has 8 heteroatoms. The molecule has 2 aromatic heterocycles. The molecule has 27 heavy (non-hydrogen) atoms. The van der Waals surface area contributed by atoms with E-state index in [1.54, 1.807) is 23.7 Å². The van der Waals surface area contributed by atoms with Crippen molar-refractivity contribution in [3.05, 3.63) is 46.2 Å². The van der Waals surface area contributed by atoms with Crippen molar-refractivity contribution in [3.8, 4) is 0 Å². The van der Waals surface area contributed by atoms with Crippen LogP contribution in [0, 0.1) is 12.8 Å². The van der Waals surface area contributed by atoms with E-state index < -0.39 is 6.10 Å². The van der Waals surface area contributed by atoms with Crippen molar-refractivity contribution in [2.45, 2.75) is 51.3 Å². The molecular formula is C19H24N4O3S. The van der Waals surface area contributed by atoms with Crippen molar-refractivity contribution in [3.63, 3.8) is 0 Å². The molecule has 0 unspecified atom stereocenters. The van der Waals surface area contributed by atoms with Gasteiger partial charge in [-0.25, -0.2) is 4.98 Å². The molecule has 0 bridgehead atoms. The van der Waals surface area contributed by atoms with Crippen LogP contribution in [0.15, 0.2) is 29.9 Å². The number of aliphatic hydroxyl groups excluding tert-OH is 1. The van der Waals surface area contributed by atoms with E-state index in [0.29, 0.717) is 32.2 Å². The second-order valence-corrected chi connectivity index (χ2v) is 7.91. The highest BCUT2D eigenvalue weighted by molar-refractivity contribution is 7.09. The maximum Gasteiger partial charge on any atom is 0.223 e. The van der Waals surface area contributed by atoms with Crippen LogP contribution in [-0.4, -0.2) is 39.0 Å². The van der Waals surface area contributed by atoms with Gasteiger partial charge < -0.3 is 15.7 Å². The van der Waals surface area contributed by atoms with Crippen LogP contribution in [0.3, 0.4) is 0 Å². The topological polar surface area (TPSA) is 104 Å². The average Bonchev–Trinajstić information content (AvgIpc) is 3.24. The van der Waals surface area contributed by atoms with E-state index in [-0.39, 0.29) is 23.8 Å². The third-order valence-electron chi connectivity index (χ3n) is 4.72. The van der Waals surface area contributed by atoms with E-state index in [4.69, 9.17) is 0 Å². The molecule has 1 aliphatic rings. The molecule has 2 aromatic rings. The van der Waals surface area contributed by atoms with Gasteiger partial charge in [0.05, 0.1) is 29.4 Å². The van der Waals surface area contributed by atoms with Crippen molar-refractivity contribution in [1.82, 2.24) is 20.6 Å². The quantitative estimate of drug-likeness (QED) is 0.664. The van der Waals surface area contributed by atoms with Gasteiger partial charge >= 0.3 is 0 Å². The maximum absolute atomic E-state index is 12.3. The summed E-state index contributed by atoms with van der Waals surface area (Å²) in [6, 6.07) is 3.38. The van der Waals surface area contributed by atoms with Gasteiger partial charge in [0.1, 0.15) is 0 Å². The summed E-state index contributed by atoms with van der Waals surface area (Å²) in [5, 5.41) is 18.8. The number of pyridine rings is 1. The number of nitrogens with zero attached hydrogens (tertiary/aromatic N) is 2. The third kappa shape index (κ3) is 5.58. The van der Waals surface area contributed by atoms with Gasteiger partial charge in [0.15, 0.2) is 0 Å². The lowest BCUT2D eigenvalue weighted by molar-refractivity contribution is -0.125. The Bertz CT molecular complexity index is 780. The molecule has 2 amide bonds. The van der Waals surface area contributed by atoms with Crippen LogP contribution < -0.4 is 10.6 Å². The van der Waals surface area contributed by atoms with Gasteiger partial charge in [-0.15, -0.1) is 11.3 Å². The molecule has 0 aliphatic heterocycles. The fraction of sp³-hybridized carbons (Fsp3) is 0.474.